The molecule has 18 heavy (non-hydrogen) atoms. The standard InChI is InChI=1S/C13H21ClN2O2/c1-4-9(3)11-13(18)16(8-6-7-14)10(5-2)12(17)15-11/h6-7,9-11H,4-5,8H2,1-3H3,(H,15,17)/b7-6+. The van der Waals surface area contributed by atoms with Crippen molar-refractivity contribution in [1.82, 2.24) is 10.2 Å². The van der Waals surface area contributed by atoms with Crippen LogP contribution < -0.4 is 5.32 Å². The van der Waals surface area contributed by atoms with E-state index in [0.29, 0.717) is 13.0 Å². The third-order valence-electron chi connectivity index (χ3n) is 3.52. The minimum absolute atomic E-state index is 0.00873. The van der Waals surface area contributed by atoms with E-state index in [-0.39, 0.29) is 23.8 Å². The number of halogens is 1. The van der Waals surface area contributed by atoms with Gasteiger partial charge in [0, 0.05) is 12.1 Å². The first-order valence-electron chi connectivity index (χ1n) is 6.42. The van der Waals surface area contributed by atoms with Crippen LogP contribution in [0, 0.1) is 5.92 Å². The average molecular weight is 273 g/mol. The van der Waals surface area contributed by atoms with E-state index >= 15 is 0 Å². The van der Waals surface area contributed by atoms with Gasteiger partial charge in [-0.3, -0.25) is 9.59 Å². The lowest BCUT2D eigenvalue weighted by Gasteiger charge is -2.40. The van der Waals surface area contributed by atoms with Gasteiger partial charge in [-0.25, -0.2) is 0 Å². The van der Waals surface area contributed by atoms with Crippen molar-refractivity contribution in [3.63, 3.8) is 0 Å². The molecular formula is C13H21ClN2O2. The lowest BCUT2D eigenvalue weighted by Crippen LogP contribution is -2.64. The highest BCUT2D eigenvalue weighted by Gasteiger charge is 2.40. The van der Waals surface area contributed by atoms with Gasteiger partial charge >= 0.3 is 0 Å². The molecule has 3 atom stereocenters. The monoisotopic (exact) mass is 272 g/mol. The molecule has 0 bridgehead atoms. The second-order valence-corrected chi connectivity index (χ2v) is 4.90. The highest BCUT2D eigenvalue weighted by Crippen LogP contribution is 2.19. The summed E-state index contributed by atoms with van der Waals surface area (Å²) in [7, 11) is 0. The molecule has 0 radical (unpaired) electrons. The number of nitrogens with zero attached hydrogens (tertiary/aromatic N) is 1. The predicted molar refractivity (Wildman–Crippen MR) is 72.2 cm³/mol. The zero-order valence-electron chi connectivity index (χ0n) is 11.1. The largest absolute Gasteiger partial charge is 0.342 e. The van der Waals surface area contributed by atoms with Gasteiger partial charge in [0.2, 0.25) is 11.8 Å². The first-order chi connectivity index (χ1) is 8.56. The summed E-state index contributed by atoms with van der Waals surface area (Å²) in [5.41, 5.74) is 1.38. The van der Waals surface area contributed by atoms with Crippen LogP contribution in [0.25, 0.3) is 0 Å². The zero-order valence-corrected chi connectivity index (χ0v) is 11.9. The van der Waals surface area contributed by atoms with Crippen LogP contribution >= 0.6 is 11.6 Å². The molecule has 0 aliphatic carbocycles. The topological polar surface area (TPSA) is 49.4 Å². The lowest BCUT2D eigenvalue weighted by atomic mass is 9.93. The molecule has 1 heterocycles. The van der Waals surface area contributed by atoms with Crippen molar-refractivity contribution in [3.8, 4) is 0 Å². The average Bonchev–Trinajstić information content (AvgIpc) is 2.38. The van der Waals surface area contributed by atoms with E-state index in [2.05, 4.69) is 5.32 Å². The minimum atomic E-state index is -0.408. The van der Waals surface area contributed by atoms with Gasteiger partial charge in [-0.05, 0) is 12.3 Å². The Hall–Kier alpha value is -1.03. The van der Waals surface area contributed by atoms with Crippen molar-refractivity contribution in [2.45, 2.75) is 45.7 Å². The van der Waals surface area contributed by atoms with Crippen LogP contribution in [0.3, 0.4) is 0 Å². The number of hydrogen-bond acceptors (Lipinski definition) is 2. The van der Waals surface area contributed by atoms with Gasteiger partial charge in [-0.1, -0.05) is 44.9 Å². The predicted octanol–water partition coefficient (Wildman–Crippen LogP) is 1.89. The van der Waals surface area contributed by atoms with Crippen molar-refractivity contribution in [2.75, 3.05) is 6.54 Å². The fraction of sp³-hybridized carbons (Fsp3) is 0.692. The molecule has 1 N–H and O–H groups in total. The molecule has 0 aromatic heterocycles. The lowest BCUT2D eigenvalue weighted by molar-refractivity contribution is -0.150. The van der Waals surface area contributed by atoms with Crippen molar-refractivity contribution >= 4 is 23.4 Å². The maximum Gasteiger partial charge on any atom is 0.246 e. The van der Waals surface area contributed by atoms with E-state index in [9.17, 15) is 9.59 Å². The van der Waals surface area contributed by atoms with Gasteiger partial charge < -0.3 is 10.2 Å². The Morgan fingerprint density at radius 1 is 1.44 bits per heavy atom. The van der Waals surface area contributed by atoms with Crippen LogP contribution in [0.1, 0.15) is 33.6 Å². The number of nitrogens with one attached hydrogen (secondary N) is 1. The van der Waals surface area contributed by atoms with Crippen LogP contribution in [0.5, 0.6) is 0 Å². The van der Waals surface area contributed by atoms with Crippen molar-refractivity contribution in [2.24, 2.45) is 5.92 Å². The van der Waals surface area contributed by atoms with Gasteiger partial charge in [0.15, 0.2) is 0 Å². The summed E-state index contributed by atoms with van der Waals surface area (Å²) >= 11 is 5.50. The third kappa shape index (κ3) is 3.05. The highest BCUT2D eigenvalue weighted by atomic mass is 35.5. The highest BCUT2D eigenvalue weighted by molar-refractivity contribution is 6.25. The first kappa shape index (κ1) is 15.0. The van der Waals surface area contributed by atoms with Crippen LogP contribution in [0.4, 0.5) is 0 Å². The molecule has 1 aliphatic heterocycles. The van der Waals surface area contributed by atoms with Crippen molar-refractivity contribution < 1.29 is 9.59 Å². The van der Waals surface area contributed by atoms with E-state index in [4.69, 9.17) is 11.6 Å². The number of piperazine rings is 1. The molecule has 5 heteroatoms. The molecule has 0 spiro atoms. The molecule has 102 valence electrons. The number of rotatable bonds is 5. The Bertz CT molecular complexity index is 344. The Morgan fingerprint density at radius 3 is 2.61 bits per heavy atom. The van der Waals surface area contributed by atoms with E-state index in [0.717, 1.165) is 6.42 Å². The Balaban J connectivity index is 2.92. The fourth-order valence-corrected chi connectivity index (χ4v) is 2.26. The minimum Gasteiger partial charge on any atom is -0.342 e. The molecule has 2 amide bonds. The van der Waals surface area contributed by atoms with Crippen LogP contribution in [-0.2, 0) is 9.59 Å². The number of hydrogen-bond donors (Lipinski definition) is 1. The Labute approximate surface area is 113 Å². The molecule has 4 nitrogen and oxygen atoms in total. The molecule has 1 aliphatic rings. The summed E-state index contributed by atoms with van der Waals surface area (Å²) in [6, 6.07) is -0.792. The third-order valence-corrected chi connectivity index (χ3v) is 3.69. The molecule has 0 aromatic carbocycles. The Morgan fingerprint density at radius 2 is 2.11 bits per heavy atom. The summed E-state index contributed by atoms with van der Waals surface area (Å²) in [5.74, 6) is 0.0673. The summed E-state index contributed by atoms with van der Waals surface area (Å²) in [6.45, 7) is 6.28. The quantitative estimate of drug-likeness (QED) is 0.831. The van der Waals surface area contributed by atoms with Gasteiger partial charge in [0.1, 0.15) is 12.1 Å². The first-order valence-corrected chi connectivity index (χ1v) is 6.86. The number of carbonyl (C=O) groups is 2. The van der Waals surface area contributed by atoms with Crippen LogP contribution in [0.2, 0.25) is 0 Å². The molecule has 0 saturated carbocycles. The second kappa shape index (κ2) is 6.78. The number of amides is 2. The van der Waals surface area contributed by atoms with Crippen molar-refractivity contribution in [1.29, 1.82) is 0 Å². The normalized spacial score (nSPS) is 26.6. The van der Waals surface area contributed by atoms with E-state index in [1.54, 1.807) is 11.0 Å². The van der Waals surface area contributed by atoms with E-state index in [1.807, 2.05) is 20.8 Å². The van der Waals surface area contributed by atoms with Crippen molar-refractivity contribution in [3.05, 3.63) is 11.6 Å². The summed E-state index contributed by atoms with van der Waals surface area (Å²) in [4.78, 5) is 26.0. The molecular weight excluding hydrogens is 252 g/mol. The van der Waals surface area contributed by atoms with E-state index in [1.165, 1.54) is 5.54 Å². The summed E-state index contributed by atoms with van der Waals surface area (Å²) in [5, 5.41) is 2.84. The van der Waals surface area contributed by atoms with Crippen LogP contribution in [-0.4, -0.2) is 35.3 Å². The Kier molecular flexibility index (Phi) is 5.66. The maximum absolute atomic E-state index is 12.4. The fourth-order valence-electron chi connectivity index (χ4n) is 2.18. The molecule has 0 aromatic rings. The zero-order chi connectivity index (χ0) is 13.7. The second-order valence-electron chi connectivity index (χ2n) is 4.65. The summed E-state index contributed by atoms with van der Waals surface area (Å²) < 4.78 is 0. The van der Waals surface area contributed by atoms with Gasteiger partial charge in [-0.2, -0.15) is 0 Å². The van der Waals surface area contributed by atoms with Gasteiger partial charge in [-0.15, -0.1) is 0 Å². The number of carbonyl (C=O) groups excluding carboxylic acids is 2. The molecule has 1 rings (SSSR count). The van der Waals surface area contributed by atoms with Crippen LogP contribution in [0.15, 0.2) is 11.6 Å². The molecule has 1 saturated heterocycles. The van der Waals surface area contributed by atoms with Gasteiger partial charge in [0.25, 0.3) is 0 Å². The summed E-state index contributed by atoms with van der Waals surface area (Å²) in [6.07, 6.45) is 3.15. The molecule has 1 fully saturated rings. The SMILES string of the molecule is CCC(C)C1NC(=O)C(CC)N(C/C=C/Cl)C1=O. The smallest absolute Gasteiger partial charge is 0.246 e. The molecule has 3 unspecified atom stereocenters. The van der Waals surface area contributed by atoms with E-state index < -0.39 is 6.04 Å². The maximum atomic E-state index is 12.4. The van der Waals surface area contributed by atoms with Gasteiger partial charge in [0.05, 0.1) is 0 Å².